The van der Waals surface area contributed by atoms with Crippen molar-refractivity contribution in [3.05, 3.63) is 55.1 Å². The molecule has 0 fully saturated rings. The van der Waals surface area contributed by atoms with Crippen LogP contribution >= 0.6 is 47.8 Å². The third-order valence-electron chi connectivity index (χ3n) is 2.45. The number of amidine groups is 1. The number of hydrogen-bond acceptors (Lipinski definition) is 3. The Hall–Kier alpha value is -0.920. The lowest BCUT2D eigenvalue weighted by Crippen LogP contribution is -2.13. The minimum Gasteiger partial charge on any atom is -0.487 e. The molecule has 0 unspecified atom stereocenters. The summed E-state index contributed by atoms with van der Waals surface area (Å²) in [5, 5.41) is 7.37. The number of aromatic nitrogens is 1. The van der Waals surface area contributed by atoms with E-state index >= 15 is 0 Å². The third kappa shape index (κ3) is 3.80. The lowest BCUT2D eigenvalue weighted by Gasteiger charge is -2.11. The van der Waals surface area contributed by atoms with Gasteiger partial charge in [0.2, 0.25) is 0 Å². The zero-order valence-corrected chi connectivity index (χ0v) is 14.9. The fourth-order valence-electron chi connectivity index (χ4n) is 1.53. The molecule has 4 nitrogen and oxygen atoms in total. The van der Waals surface area contributed by atoms with E-state index in [2.05, 4.69) is 52.8 Å². The van der Waals surface area contributed by atoms with Gasteiger partial charge in [0, 0.05) is 10.7 Å². The van der Waals surface area contributed by atoms with E-state index in [0.29, 0.717) is 12.3 Å². The van der Waals surface area contributed by atoms with E-state index in [1.54, 1.807) is 12.3 Å². The normalized spacial score (nSPS) is 10.3. The van der Waals surface area contributed by atoms with Crippen molar-refractivity contribution in [2.24, 2.45) is 5.73 Å². The van der Waals surface area contributed by atoms with Crippen LogP contribution in [0.5, 0.6) is 5.75 Å². The van der Waals surface area contributed by atoms with Gasteiger partial charge in [-0.2, -0.15) is 0 Å². The molecule has 1 aromatic heterocycles. The van der Waals surface area contributed by atoms with Gasteiger partial charge in [0.25, 0.3) is 0 Å². The summed E-state index contributed by atoms with van der Waals surface area (Å²) < 4.78 is 8.43. The first-order valence-electron chi connectivity index (χ1n) is 5.54. The highest BCUT2D eigenvalue weighted by atomic mass is 79.9. The topological polar surface area (TPSA) is 72.0 Å². The summed E-state index contributed by atoms with van der Waals surface area (Å²) in [5.41, 5.74) is 6.75. The quantitative estimate of drug-likeness (QED) is 0.526. The summed E-state index contributed by atoms with van der Waals surface area (Å²) in [5.74, 6) is 0.659. The van der Waals surface area contributed by atoms with Gasteiger partial charge in [0.15, 0.2) is 0 Å². The van der Waals surface area contributed by atoms with Gasteiger partial charge in [-0.3, -0.25) is 10.4 Å². The van der Waals surface area contributed by atoms with Crippen LogP contribution in [0.25, 0.3) is 0 Å². The van der Waals surface area contributed by atoms with Crippen LogP contribution in [-0.4, -0.2) is 10.8 Å². The van der Waals surface area contributed by atoms with Crippen molar-refractivity contribution in [1.82, 2.24) is 4.98 Å². The molecule has 0 saturated carbocycles. The molecule has 0 bridgehead atoms. The zero-order chi connectivity index (χ0) is 14.7. The molecule has 0 aliphatic rings. The predicted molar refractivity (Wildman–Crippen MR) is 89.1 cm³/mol. The van der Waals surface area contributed by atoms with Crippen LogP contribution in [-0.2, 0) is 6.61 Å². The van der Waals surface area contributed by atoms with Gasteiger partial charge in [-0.05, 0) is 61.7 Å². The van der Waals surface area contributed by atoms with Gasteiger partial charge in [-0.1, -0.05) is 15.9 Å². The van der Waals surface area contributed by atoms with Crippen molar-refractivity contribution in [3.63, 3.8) is 0 Å². The summed E-state index contributed by atoms with van der Waals surface area (Å²) in [6.45, 7) is 0.363. The number of rotatable bonds is 4. The molecule has 0 amide bonds. The van der Waals surface area contributed by atoms with Gasteiger partial charge < -0.3 is 10.5 Å². The van der Waals surface area contributed by atoms with E-state index in [-0.39, 0.29) is 5.84 Å². The lowest BCUT2D eigenvalue weighted by atomic mass is 10.2. The molecule has 2 rings (SSSR count). The average molecular weight is 464 g/mol. The molecule has 1 heterocycles. The van der Waals surface area contributed by atoms with E-state index in [1.165, 1.54) is 0 Å². The molecule has 0 spiro atoms. The molecule has 1 aromatic carbocycles. The summed E-state index contributed by atoms with van der Waals surface area (Å²) in [7, 11) is 0. The number of ether oxygens (including phenoxy) is 1. The zero-order valence-electron chi connectivity index (χ0n) is 10.2. The van der Waals surface area contributed by atoms with Crippen molar-refractivity contribution in [3.8, 4) is 5.75 Å². The maximum absolute atomic E-state index is 7.37. The first kappa shape index (κ1) is 15.5. The molecule has 0 aliphatic heterocycles. The Morgan fingerprint density at radius 2 is 1.85 bits per heavy atom. The SMILES string of the molecule is N=C(N)c1cc(COc2c(Br)cc(Br)cc2Br)ccn1. The number of nitrogens with two attached hydrogens (primary N) is 1. The summed E-state index contributed by atoms with van der Waals surface area (Å²) in [6, 6.07) is 7.39. The molecule has 0 radical (unpaired) electrons. The van der Waals surface area contributed by atoms with Crippen LogP contribution in [0.1, 0.15) is 11.3 Å². The molecule has 3 N–H and O–H groups in total. The number of pyridine rings is 1. The van der Waals surface area contributed by atoms with Crippen molar-refractivity contribution in [2.75, 3.05) is 0 Å². The lowest BCUT2D eigenvalue weighted by molar-refractivity contribution is 0.302. The maximum Gasteiger partial charge on any atom is 0.148 e. The van der Waals surface area contributed by atoms with Crippen LogP contribution in [0.3, 0.4) is 0 Å². The van der Waals surface area contributed by atoms with E-state index in [0.717, 1.165) is 24.7 Å². The number of nitrogen functional groups attached to an aromatic ring is 1. The molecule has 104 valence electrons. The number of halogens is 3. The highest BCUT2D eigenvalue weighted by Crippen LogP contribution is 2.36. The van der Waals surface area contributed by atoms with E-state index in [9.17, 15) is 0 Å². The first-order valence-corrected chi connectivity index (χ1v) is 7.92. The number of benzene rings is 1. The Morgan fingerprint density at radius 3 is 2.45 bits per heavy atom. The van der Waals surface area contributed by atoms with Crippen molar-refractivity contribution in [1.29, 1.82) is 5.41 Å². The fraction of sp³-hybridized carbons (Fsp3) is 0.0769. The van der Waals surface area contributed by atoms with Gasteiger partial charge in [0.05, 0.1) is 8.95 Å². The number of nitrogens with zero attached hydrogens (tertiary/aromatic N) is 1. The summed E-state index contributed by atoms with van der Waals surface area (Å²) in [6.07, 6.45) is 1.61. The second-order valence-electron chi connectivity index (χ2n) is 3.95. The second-order valence-corrected chi connectivity index (χ2v) is 6.57. The molecular weight excluding hydrogens is 454 g/mol. The second kappa shape index (κ2) is 6.69. The number of hydrogen-bond donors (Lipinski definition) is 2. The Balaban J connectivity index is 2.17. The van der Waals surface area contributed by atoms with Crippen molar-refractivity contribution >= 4 is 53.6 Å². The van der Waals surface area contributed by atoms with Crippen LogP contribution in [0, 0.1) is 5.41 Å². The van der Waals surface area contributed by atoms with Crippen molar-refractivity contribution < 1.29 is 4.74 Å². The minimum atomic E-state index is -0.0575. The van der Waals surface area contributed by atoms with Crippen LogP contribution in [0.4, 0.5) is 0 Å². The smallest absolute Gasteiger partial charge is 0.148 e. The van der Waals surface area contributed by atoms with Gasteiger partial charge in [0.1, 0.15) is 23.9 Å². The molecule has 20 heavy (non-hydrogen) atoms. The Kier molecular flexibility index (Phi) is 5.17. The summed E-state index contributed by atoms with van der Waals surface area (Å²) >= 11 is 10.3. The molecule has 2 aromatic rings. The Morgan fingerprint density at radius 1 is 1.20 bits per heavy atom. The largest absolute Gasteiger partial charge is 0.487 e. The summed E-state index contributed by atoms with van der Waals surface area (Å²) in [4.78, 5) is 4.01. The minimum absolute atomic E-state index is 0.0575. The standard InChI is InChI=1S/C13H10Br3N3O/c14-8-4-9(15)12(10(16)5-8)20-6-7-1-2-19-11(3-7)13(17)18/h1-5H,6H2,(H3,17,18). The molecule has 7 heteroatoms. The predicted octanol–water partition coefficient (Wildman–Crippen LogP) is 4.23. The highest BCUT2D eigenvalue weighted by Gasteiger charge is 2.09. The van der Waals surface area contributed by atoms with Gasteiger partial charge in [-0.15, -0.1) is 0 Å². The van der Waals surface area contributed by atoms with E-state index < -0.39 is 0 Å². The maximum atomic E-state index is 7.37. The van der Waals surface area contributed by atoms with Gasteiger partial charge in [-0.25, -0.2) is 0 Å². The Bertz CT molecular complexity index is 638. The Labute approximate surface area is 141 Å². The third-order valence-corrected chi connectivity index (χ3v) is 4.08. The van der Waals surface area contributed by atoms with Crippen LogP contribution in [0.2, 0.25) is 0 Å². The molecular formula is C13H10Br3N3O. The van der Waals surface area contributed by atoms with Crippen molar-refractivity contribution in [2.45, 2.75) is 6.61 Å². The van der Waals surface area contributed by atoms with E-state index in [4.69, 9.17) is 15.9 Å². The fourth-order valence-corrected chi connectivity index (χ4v) is 4.02. The molecule has 0 aliphatic carbocycles. The molecule has 0 atom stereocenters. The average Bonchev–Trinajstić information content (AvgIpc) is 2.37. The van der Waals surface area contributed by atoms with E-state index in [1.807, 2.05) is 18.2 Å². The first-order chi connectivity index (χ1) is 9.47. The van der Waals surface area contributed by atoms with Crippen LogP contribution < -0.4 is 10.5 Å². The molecule has 0 saturated heterocycles. The monoisotopic (exact) mass is 461 g/mol. The number of nitrogens with one attached hydrogen (secondary N) is 1. The van der Waals surface area contributed by atoms with Gasteiger partial charge >= 0.3 is 0 Å². The van der Waals surface area contributed by atoms with Crippen LogP contribution in [0.15, 0.2) is 43.9 Å². The highest BCUT2D eigenvalue weighted by molar-refractivity contribution is 9.11.